The highest BCUT2D eigenvalue weighted by Crippen LogP contribution is 2.28. The predicted molar refractivity (Wildman–Crippen MR) is 105 cm³/mol. The van der Waals surface area contributed by atoms with E-state index in [2.05, 4.69) is 5.32 Å². The standard InChI is InChI=1S/C21H30N2O3/c1-7-21(5,6)18(24)23-14-15(16-10-8-9-11-17(16)23)12-13-22-19(25)26-20(2,3)4/h8-11,14H,7,12-13H2,1-6H3,(H,22,25). The van der Waals surface area contributed by atoms with Crippen LogP contribution in [0, 0.1) is 5.41 Å². The number of rotatable bonds is 5. The number of aromatic nitrogens is 1. The van der Waals surface area contributed by atoms with Crippen LogP contribution in [0.1, 0.15) is 58.3 Å². The highest BCUT2D eigenvalue weighted by Gasteiger charge is 2.28. The molecule has 26 heavy (non-hydrogen) atoms. The second-order valence-electron chi connectivity index (χ2n) is 8.26. The van der Waals surface area contributed by atoms with Crippen LogP contribution in [0.5, 0.6) is 0 Å². The van der Waals surface area contributed by atoms with Gasteiger partial charge >= 0.3 is 6.09 Å². The van der Waals surface area contributed by atoms with Crippen LogP contribution in [-0.4, -0.2) is 28.7 Å². The minimum atomic E-state index is -0.516. The van der Waals surface area contributed by atoms with Crippen molar-refractivity contribution in [3.63, 3.8) is 0 Å². The summed E-state index contributed by atoms with van der Waals surface area (Å²) in [4.78, 5) is 24.7. The van der Waals surface area contributed by atoms with Crippen LogP contribution in [0.3, 0.4) is 0 Å². The summed E-state index contributed by atoms with van der Waals surface area (Å²) in [7, 11) is 0. The average molecular weight is 358 g/mol. The summed E-state index contributed by atoms with van der Waals surface area (Å²) < 4.78 is 7.01. The molecule has 0 spiro atoms. The molecule has 0 radical (unpaired) electrons. The molecule has 5 heteroatoms. The first kappa shape index (κ1) is 20.0. The number of benzene rings is 1. The van der Waals surface area contributed by atoms with Gasteiger partial charge < -0.3 is 10.1 Å². The zero-order valence-electron chi connectivity index (χ0n) is 16.7. The molecule has 1 aromatic heterocycles. The molecule has 142 valence electrons. The van der Waals surface area contributed by atoms with Crippen molar-refractivity contribution in [3.05, 3.63) is 36.0 Å². The lowest BCUT2D eigenvalue weighted by atomic mass is 9.89. The summed E-state index contributed by atoms with van der Waals surface area (Å²) in [6.45, 7) is 11.9. The second kappa shape index (κ2) is 7.52. The molecule has 1 aromatic carbocycles. The number of carbonyl (C=O) groups is 2. The number of hydrogen-bond acceptors (Lipinski definition) is 3. The van der Waals surface area contributed by atoms with Crippen molar-refractivity contribution in [2.45, 2.75) is 60.0 Å². The van der Waals surface area contributed by atoms with Gasteiger partial charge in [-0.05, 0) is 45.2 Å². The summed E-state index contributed by atoms with van der Waals surface area (Å²) in [6, 6.07) is 7.88. The molecule has 0 fully saturated rings. The Labute approximate surface area is 155 Å². The van der Waals surface area contributed by atoms with Crippen molar-refractivity contribution in [1.29, 1.82) is 0 Å². The normalized spacial score (nSPS) is 12.2. The van der Waals surface area contributed by atoms with Crippen molar-refractivity contribution >= 4 is 22.9 Å². The Morgan fingerprint density at radius 2 is 1.77 bits per heavy atom. The van der Waals surface area contributed by atoms with E-state index in [0.717, 1.165) is 22.9 Å². The average Bonchev–Trinajstić information content (AvgIpc) is 2.91. The first-order valence-electron chi connectivity index (χ1n) is 9.16. The van der Waals surface area contributed by atoms with Gasteiger partial charge in [0.2, 0.25) is 5.91 Å². The maximum absolute atomic E-state index is 12.9. The molecule has 0 aliphatic carbocycles. The number of nitrogens with one attached hydrogen (secondary N) is 1. The molecule has 0 aliphatic heterocycles. The van der Waals surface area contributed by atoms with E-state index in [9.17, 15) is 9.59 Å². The fourth-order valence-electron chi connectivity index (χ4n) is 2.71. The van der Waals surface area contributed by atoms with Crippen LogP contribution in [0.4, 0.5) is 4.79 Å². The smallest absolute Gasteiger partial charge is 0.407 e. The van der Waals surface area contributed by atoms with Crippen LogP contribution in [0.15, 0.2) is 30.5 Å². The van der Waals surface area contributed by atoms with E-state index in [0.29, 0.717) is 13.0 Å². The molecule has 1 amide bonds. The summed E-state index contributed by atoms with van der Waals surface area (Å²) in [6.07, 6.45) is 2.88. The maximum Gasteiger partial charge on any atom is 0.407 e. The second-order valence-corrected chi connectivity index (χ2v) is 8.26. The van der Waals surface area contributed by atoms with E-state index in [1.807, 2.05) is 72.0 Å². The molecule has 0 saturated heterocycles. The third kappa shape index (κ3) is 4.65. The highest BCUT2D eigenvalue weighted by molar-refractivity contribution is 5.96. The van der Waals surface area contributed by atoms with Gasteiger partial charge in [0.05, 0.1) is 5.52 Å². The fourth-order valence-corrected chi connectivity index (χ4v) is 2.71. The molecule has 0 aliphatic rings. The summed E-state index contributed by atoms with van der Waals surface area (Å²) in [5.41, 5.74) is 1.01. The summed E-state index contributed by atoms with van der Waals surface area (Å²) >= 11 is 0. The Hall–Kier alpha value is -2.30. The molecule has 0 bridgehead atoms. The molecule has 0 unspecified atom stereocenters. The first-order valence-corrected chi connectivity index (χ1v) is 9.16. The Bertz CT molecular complexity index is 797. The SMILES string of the molecule is CCC(C)(C)C(=O)n1cc(CCNC(=O)OC(C)(C)C)c2ccccc21. The van der Waals surface area contributed by atoms with Gasteiger partial charge in [-0.2, -0.15) is 0 Å². The molecule has 5 nitrogen and oxygen atoms in total. The van der Waals surface area contributed by atoms with Gasteiger partial charge in [0.25, 0.3) is 0 Å². The van der Waals surface area contributed by atoms with Crippen LogP contribution in [0.2, 0.25) is 0 Å². The summed E-state index contributed by atoms with van der Waals surface area (Å²) in [5.74, 6) is 0.0857. The van der Waals surface area contributed by atoms with Crippen LogP contribution >= 0.6 is 0 Å². The van der Waals surface area contributed by atoms with E-state index in [1.165, 1.54) is 0 Å². The number of hydrogen-bond donors (Lipinski definition) is 1. The molecule has 0 saturated carbocycles. The van der Waals surface area contributed by atoms with Gasteiger partial charge in [0.1, 0.15) is 5.60 Å². The van der Waals surface area contributed by atoms with Crippen LogP contribution in [0.25, 0.3) is 10.9 Å². The Morgan fingerprint density at radius 3 is 2.38 bits per heavy atom. The van der Waals surface area contributed by atoms with Crippen molar-refractivity contribution in [1.82, 2.24) is 9.88 Å². The van der Waals surface area contributed by atoms with E-state index in [4.69, 9.17) is 4.74 Å². The van der Waals surface area contributed by atoms with Crippen molar-refractivity contribution in [2.24, 2.45) is 5.41 Å². The number of para-hydroxylation sites is 1. The molecule has 2 rings (SSSR count). The third-order valence-electron chi connectivity index (χ3n) is 4.54. The number of carbonyl (C=O) groups excluding carboxylic acids is 2. The van der Waals surface area contributed by atoms with Gasteiger partial charge in [-0.3, -0.25) is 9.36 Å². The number of fused-ring (bicyclic) bond motifs is 1. The summed E-state index contributed by atoms with van der Waals surface area (Å²) in [5, 5.41) is 3.82. The first-order chi connectivity index (χ1) is 12.0. The van der Waals surface area contributed by atoms with Gasteiger partial charge in [-0.25, -0.2) is 4.79 Å². The molecule has 2 aromatic rings. The fraction of sp³-hybridized carbons (Fsp3) is 0.524. The topological polar surface area (TPSA) is 60.3 Å². The number of alkyl carbamates (subject to hydrolysis) is 1. The van der Waals surface area contributed by atoms with Crippen LogP contribution in [-0.2, 0) is 11.2 Å². The van der Waals surface area contributed by atoms with Crippen molar-refractivity contribution in [3.8, 4) is 0 Å². The Kier molecular flexibility index (Phi) is 5.79. The lowest BCUT2D eigenvalue weighted by molar-refractivity contribution is 0.0528. The van der Waals surface area contributed by atoms with Crippen molar-refractivity contribution in [2.75, 3.05) is 6.54 Å². The highest BCUT2D eigenvalue weighted by atomic mass is 16.6. The molecule has 1 heterocycles. The minimum Gasteiger partial charge on any atom is -0.444 e. The lowest BCUT2D eigenvalue weighted by Crippen LogP contribution is -2.33. The largest absolute Gasteiger partial charge is 0.444 e. The number of amides is 1. The molecular formula is C21H30N2O3. The Balaban J connectivity index is 2.19. The monoisotopic (exact) mass is 358 g/mol. The van der Waals surface area contributed by atoms with Crippen molar-refractivity contribution < 1.29 is 14.3 Å². The van der Waals surface area contributed by atoms with Gasteiger partial charge in [0.15, 0.2) is 0 Å². The van der Waals surface area contributed by atoms with E-state index >= 15 is 0 Å². The van der Waals surface area contributed by atoms with E-state index in [1.54, 1.807) is 4.57 Å². The van der Waals surface area contributed by atoms with Gasteiger partial charge in [0, 0.05) is 23.5 Å². The lowest BCUT2D eigenvalue weighted by Gasteiger charge is -2.21. The third-order valence-corrected chi connectivity index (χ3v) is 4.54. The van der Waals surface area contributed by atoms with E-state index in [-0.39, 0.29) is 5.91 Å². The predicted octanol–water partition coefficient (Wildman–Crippen LogP) is 4.78. The number of ether oxygens (including phenoxy) is 1. The number of nitrogens with zero attached hydrogens (tertiary/aromatic N) is 1. The zero-order chi connectivity index (χ0) is 19.5. The quantitative estimate of drug-likeness (QED) is 0.836. The van der Waals surface area contributed by atoms with E-state index < -0.39 is 17.1 Å². The molecule has 0 atom stereocenters. The molecule has 1 N–H and O–H groups in total. The van der Waals surface area contributed by atoms with Gasteiger partial charge in [-0.15, -0.1) is 0 Å². The maximum atomic E-state index is 12.9. The molecular weight excluding hydrogens is 328 g/mol. The zero-order valence-corrected chi connectivity index (χ0v) is 16.7. The van der Waals surface area contributed by atoms with Crippen LogP contribution < -0.4 is 5.32 Å². The Morgan fingerprint density at radius 1 is 1.12 bits per heavy atom. The van der Waals surface area contributed by atoms with Gasteiger partial charge in [-0.1, -0.05) is 39.0 Å². The minimum absolute atomic E-state index is 0.0857.